The van der Waals surface area contributed by atoms with Crippen molar-refractivity contribution in [3.8, 4) is 0 Å². The van der Waals surface area contributed by atoms with Gasteiger partial charge in [-0.1, -0.05) is 6.92 Å². The van der Waals surface area contributed by atoms with E-state index in [9.17, 15) is 15.0 Å². The molecule has 0 bridgehead atoms. The van der Waals surface area contributed by atoms with Crippen LogP contribution in [0.15, 0.2) is 0 Å². The molecule has 1 saturated heterocycles. The molecule has 13 heavy (non-hydrogen) atoms. The molecule has 0 spiro atoms. The van der Waals surface area contributed by atoms with Crippen LogP contribution in [0.2, 0.25) is 0 Å². The van der Waals surface area contributed by atoms with Crippen molar-refractivity contribution >= 4 is 6.03 Å². The number of carbonyl (C=O) groups is 1. The number of aliphatic hydroxyl groups is 2. The van der Waals surface area contributed by atoms with E-state index in [0.29, 0.717) is 0 Å². The highest BCUT2D eigenvalue weighted by Crippen LogP contribution is 2.21. The van der Waals surface area contributed by atoms with E-state index in [2.05, 4.69) is 0 Å². The van der Waals surface area contributed by atoms with E-state index in [1.165, 1.54) is 11.9 Å². The molecule has 76 valence electrons. The zero-order valence-electron chi connectivity index (χ0n) is 8.14. The molecule has 5 nitrogen and oxygen atoms in total. The Morgan fingerprint density at radius 2 is 2.00 bits per heavy atom. The molecule has 1 aliphatic heterocycles. The summed E-state index contributed by atoms with van der Waals surface area (Å²) >= 11 is 0. The van der Waals surface area contributed by atoms with Gasteiger partial charge in [-0.2, -0.15) is 0 Å². The number of likely N-dealkylation sites (N-methyl/N-ethyl adjacent to an activating group) is 1. The smallest absolute Gasteiger partial charge is 0.324 e. The van der Waals surface area contributed by atoms with Gasteiger partial charge in [0, 0.05) is 13.1 Å². The van der Waals surface area contributed by atoms with Crippen LogP contribution >= 0.6 is 0 Å². The molecule has 0 saturated carbocycles. The van der Waals surface area contributed by atoms with Gasteiger partial charge in [0.1, 0.15) is 0 Å². The molecule has 5 heteroatoms. The topological polar surface area (TPSA) is 64.0 Å². The lowest BCUT2D eigenvalue weighted by molar-refractivity contribution is -0.0692. The van der Waals surface area contributed by atoms with E-state index in [1.54, 1.807) is 0 Å². The largest absolute Gasteiger partial charge is 0.369 e. The quantitative estimate of drug-likeness (QED) is 0.630. The number of rotatable bonds is 2. The number of aliphatic hydroxyl groups excluding tert-OH is 2. The Bertz CT molecular complexity index is 210. The van der Waals surface area contributed by atoms with Gasteiger partial charge in [0.2, 0.25) is 0 Å². The van der Waals surface area contributed by atoms with E-state index >= 15 is 0 Å². The van der Waals surface area contributed by atoms with Crippen LogP contribution in [0.3, 0.4) is 0 Å². The molecule has 1 aliphatic rings. The molecular weight excluding hydrogens is 172 g/mol. The number of hydrogen-bond donors (Lipinski definition) is 2. The van der Waals surface area contributed by atoms with Gasteiger partial charge in [-0.25, -0.2) is 4.79 Å². The molecular formula is C8H16N2O3. The third-order valence-corrected chi connectivity index (χ3v) is 2.54. The molecule has 2 amide bonds. The Hall–Kier alpha value is -0.810. The molecule has 1 rings (SSSR count). The molecule has 0 aromatic carbocycles. The van der Waals surface area contributed by atoms with Crippen LogP contribution in [-0.4, -0.2) is 51.6 Å². The second-order valence-corrected chi connectivity index (χ2v) is 3.39. The molecule has 3 atom stereocenters. The Labute approximate surface area is 77.6 Å². The molecule has 0 aromatic heterocycles. The summed E-state index contributed by atoms with van der Waals surface area (Å²) in [6, 6.07) is -0.378. The number of amides is 2. The highest BCUT2D eigenvalue weighted by molar-refractivity contribution is 5.77. The van der Waals surface area contributed by atoms with Crippen molar-refractivity contribution in [2.45, 2.75) is 38.8 Å². The third kappa shape index (κ3) is 1.49. The molecule has 3 unspecified atom stereocenters. The minimum Gasteiger partial charge on any atom is -0.369 e. The molecule has 0 radical (unpaired) electrons. The summed E-state index contributed by atoms with van der Waals surface area (Å²) in [6.07, 6.45) is -1.46. The molecule has 1 heterocycles. The van der Waals surface area contributed by atoms with Crippen molar-refractivity contribution in [1.29, 1.82) is 0 Å². The molecule has 1 fully saturated rings. The highest BCUT2D eigenvalue weighted by atomic mass is 16.4. The lowest BCUT2D eigenvalue weighted by Crippen LogP contribution is -2.42. The van der Waals surface area contributed by atoms with Gasteiger partial charge in [0.25, 0.3) is 0 Å². The van der Waals surface area contributed by atoms with E-state index in [1.807, 2.05) is 13.8 Å². The first-order valence-electron chi connectivity index (χ1n) is 4.42. The van der Waals surface area contributed by atoms with E-state index < -0.39 is 12.5 Å². The Balaban J connectivity index is 2.81. The summed E-state index contributed by atoms with van der Waals surface area (Å²) in [5.74, 6) is 0. The Morgan fingerprint density at radius 3 is 2.31 bits per heavy atom. The predicted molar refractivity (Wildman–Crippen MR) is 46.8 cm³/mol. The van der Waals surface area contributed by atoms with Gasteiger partial charge in [-0.05, 0) is 13.3 Å². The van der Waals surface area contributed by atoms with Crippen molar-refractivity contribution < 1.29 is 15.0 Å². The van der Waals surface area contributed by atoms with Crippen molar-refractivity contribution in [2.24, 2.45) is 0 Å². The summed E-state index contributed by atoms with van der Waals surface area (Å²) < 4.78 is 0. The van der Waals surface area contributed by atoms with Crippen LogP contribution in [-0.2, 0) is 0 Å². The Kier molecular flexibility index (Phi) is 2.77. The standard InChI is InChI=1S/C8H16N2O3/c1-4-5(2)10-7(12)6(11)9(3)8(10)13/h5-7,11-12H,4H2,1-3H3. The second-order valence-electron chi connectivity index (χ2n) is 3.39. The summed E-state index contributed by atoms with van der Waals surface area (Å²) in [4.78, 5) is 13.9. The summed E-state index contributed by atoms with van der Waals surface area (Å²) in [5, 5.41) is 18.9. The summed E-state index contributed by atoms with van der Waals surface area (Å²) in [5.41, 5.74) is 0. The van der Waals surface area contributed by atoms with Crippen molar-refractivity contribution in [3.63, 3.8) is 0 Å². The van der Waals surface area contributed by atoms with Crippen LogP contribution in [0.5, 0.6) is 0 Å². The minimum absolute atomic E-state index is 0.0536. The van der Waals surface area contributed by atoms with Crippen LogP contribution in [0.1, 0.15) is 20.3 Å². The maximum absolute atomic E-state index is 11.5. The van der Waals surface area contributed by atoms with Crippen molar-refractivity contribution in [1.82, 2.24) is 9.80 Å². The van der Waals surface area contributed by atoms with Gasteiger partial charge >= 0.3 is 6.03 Å². The summed E-state index contributed by atoms with van der Waals surface area (Å²) in [7, 11) is 1.47. The lowest BCUT2D eigenvalue weighted by atomic mass is 10.2. The first kappa shape index (κ1) is 10.3. The maximum atomic E-state index is 11.5. The third-order valence-electron chi connectivity index (χ3n) is 2.54. The van der Waals surface area contributed by atoms with Gasteiger partial charge in [0.05, 0.1) is 0 Å². The van der Waals surface area contributed by atoms with Gasteiger partial charge in [-0.15, -0.1) is 0 Å². The van der Waals surface area contributed by atoms with Crippen LogP contribution in [0.25, 0.3) is 0 Å². The van der Waals surface area contributed by atoms with Gasteiger partial charge in [-0.3, -0.25) is 9.80 Å². The highest BCUT2D eigenvalue weighted by Gasteiger charge is 2.43. The van der Waals surface area contributed by atoms with Gasteiger partial charge in [0.15, 0.2) is 12.5 Å². The summed E-state index contributed by atoms with van der Waals surface area (Å²) in [6.45, 7) is 3.77. The average Bonchev–Trinajstić information content (AvgIpc) is 2.30. The number of carbonyl (C=O) groups excluding carboxylic acids is 1. The monoisotopic (exact) mass is 188 g/mol. The fourth-order valence-corrected chi connectivity index (χ4v) is 1.40. The molecule has 2 N–H and O–H groups in total. The van der Waals surface area contributed by atoms with Gasteiger partial charge < -0.3 is 10.2 Å². The van der Waals surface area contributed by atoms with Crippen molar-refractivity contribution in [2.75, 3.05) is 7.05 Å². The first-order chi connectivity index (χ1) is 6.00. The van der Waals surface area contributed by atoms with E-state index in [0.717, 1.165) is 11.3 Å². The zero-order valence-corrected chi connectivity index (χ0v) is 8.14. The maximum Gasteiger partial charge on any atom is 0.324 e. The fourth-order valence-electron chi connectivity index (χ4n) is 1.40. The van der Waals surface area contributed by atoms with Crippen LogP contribution < -0.4 is 0 Å². The predicted octanol–water partition coefficient (Wildman–Crippen LogP) is -0.211. The normalized spacial score (nSPS) is 31.3. The molecule has 0 aliphatic carbocycles. The molecule has 0 aromatic rings. The number of hydrogen-bond acceptors (Lipinski definition) is 3. The minimum atomic E-state index is -1.11. The Morgan fingerprint density at radius 1 is 1.46 bits per heavy atom. The lowest BCUT2D eigenvalue weighted by Gasteiger charge is -2.25. The van der Waals surface area contributed by atoms with E-state index in [4.69, 9.17) is 0 Å². The number of nitrogens with zero attached hydrogens (tertiary/aromatic N) is 2. The van der Waals surface area contributed by atoms with Crippen molar-refractivity contribution in [3.05, 3.63) is 0 Å². The average molecular weight is 188 g/mol. The first-order valence-corrected chi connectivity index (χ1v) is 4.42. The zero-order chi connectivity index (χ0) is 10.2. The van der Waals surface area contributed by atoms with Crippen LogP contribution in [0.4, 0.5) is 4.79 Å². The van der Waals surface area contributed by atoms with Crippen LogP contribution in [0, 0.1) is 0 Å². The second kappa shape index (κ2) is 3.51. The van der Waals surface area contributed by atoms with E-state index in [-0.39, 0.29) is 12.1 Å². The fraction of sp³-hybridized carbons (Fsp3) is 0.875. The number of urea groups is 1. The SMILES string of the molecule is CCC(C)N1C(=O)N(C)C(O)C1O.